The first-order valence-corrected chi connectivity index (χ1v) is 8.23. The summed E-state index contributed by atoms with van der Waals surface area (Å²) < 4.78 is 25.5. The smallest absolute Gasteiger partial charge is 0.240 e. The van der Waals surface area contributed by atoms with Crippen molar-refractivity contribution in [3.63, 3.8) is 0 Å². The van der Waals surface area contributed by atoms with Crippen LogP contribution in [0.25, 0.3) is 0 Å². The van der Waals surface area contributed by atoms with Gasteiger partial charge in [-0.05, 0) is 19.8 Å². The summed E-state index contributed by atoms with van der Waals surface area (Å²) >= 11 is 0. The van der Waals surface area contributed by atoms with Crippen LogP contribution in [0.2, 0.25) is 0 Å². The third-order valence-corrected chi connectivity index (χ3v) is 4.72. The average Bonchev–Trinajstić information content (AvgIpc) is 2.37. The monoisotopic (exact) mass is 306 g/mol. The Labute approximate surface area is 118 Å². The standard InChI is InChI=1S/C11H22N4O4S/c1-2-20(18,19)14-8-3-5-15(6-4-8)11(17)9(12)7-10(13)16/h8-9,14H,2-7,12H2,1H3,(H2,13,16). The number of piperidine rings is 1. The molecule has 0 bridgehead atoms. The number of nitrogens with one attached hydrogen (secondary N) is 1. The molecule has 1 saturated heterocycles. The molecule has 1 fully saturated rings. The molecule has 9 heteroatoms. The molecule has 2 amide bonds. The number of nitrogens with zero attached hydrogens (tertiary/aromatic N) is 1. The Bertz CT molecular complexity index is 457. The van der Waals surface area contributed by atoms with E-state index in [9.17, 15) is 18.0 Å². The van der Waals surface area contributed by atoms with Gasteiger partial charge >= 0.3 is 0 Å². The maximum Gasteiger partial charge on any atom is 0.240 e. The molecule has 1 atom stereocenters. The Balaban J connectivity index is 2.46. The fourth-order valence-electron chi connectivity index (χ4n) is 2.09. The van der Waals surface area contributed by atoms with Crippen molar-refractivity contribution in [2.45, 2.75) is 38.3 Å². The topological polar surface area (TPSA) is 136 Å². The SMILES string of the molecule is CCS(=O)(=O)NC1CCN(C(=O)C(N)CC(N)=O)CC1. The van der Waals surface area contributed by atoms with Crippen LogP contribution in [0.3, 0.4) is 0 Å². The summed E-state index contributed by atoms with van der Waals surface area (Å²) in [5, 5.41) is 0. The second-order valence-corrected chi connectivity index (χ2v) is 6.94. The van der Waals surface area contributed by atoms with Crippen molar-refractivity contribution in [2.75, 3.05) is 18.8 Å². The summed E-state index contributed by atoms with van der Waals surface area (Å²) in [6, 6.07) is -1.08. The van der Waals surface area contributed by atoms with Gasteiger partial charge in [0.05, 0.1) is 18.2 Å². The van der Waals surface area contributed by atoms with E-state index >= 15 is 0 Å². The molecule has 1 aliphatic rings. The highest BCUT2D eigenvalue weighted by Crippen LogP contribution is 2.12. The van der Waals surface area contributed by atoms with E-state index in [2.05, 4.69) is 4.72 Å². The van der Waals surface area contributed by atoms with Crippen LogP contribution >= 0.6 is 0 Å². The van der Waals surface area contributed by atoms with E-state index in [1.165, 1.54) is 0 Å². The Morgan fingerprint density at radius 1 is 1.35 bits per heavy atom. The van der Waals surface area contributed by atoms with E-state index in [-0.39, 0.29) is 24.1 Å². The van der Waals surface area contributed by atoms with Crippen LogP contribution in [-0.2, 0) is 19.6 Å². The summed E-state index contributed by atoms with van der Waals surface area (Å²) in [6.45, 7) is 2.41. The lowest BCUT2D eigenvalue weighted by molar-refractivity contribution is -0.135. The van der Waals surface area contributed by atoms with Gasteiger partial charge in [0.1, 0.15) is 0 Å². The van der Waals surface area contributed by atoms with Gasteiger partial charge in [-0.15, -0.1) is 0 Å². The average molecular weight is 306 g/mol. The number of hydrogen-bond donors (Lipinski definition) is 3. The molecule has 0 aliphatic carbocycles. The minimum atomic E-state index is -3.23. The van der Waals surface area contributed by atoms with E-state index in [1.54, 1.807) is 11.8 Å². The zero-order valence-electron chi connectivity index (χ0n) is 11.5. The molecule has 1 aliphatic heterocycles. The normalized spacial score (nSPS) is 18.8. The number of amides is 2. The molecule has 1 unspecified atom stereocenters. The first kappa shape index (κ1) is 16.9. The third kappa shape index (κ3) is 5.06. The predicted octanol–water partition coefficient (Wildman–Crippen LogP) is -1.88. The van der Waals surface area contributed by atoms with Crippen LogP contribution in [0, 0.1) is 0 Å². The quantitative estimate of drug-likeness (QED) is 0.527. The van der Waals surface area contributed by atoms with Crippen LogP contribution in [-0.4, -0.2) is 56.1 Å². The molecule has 1 heterocycles. The fourth-order valence-corrected chi connectivity index (χ4v) is 3.00. The lowest BCUT2D eigenvalue weighted by atomic mass is 10.0. The minimum absolute atomic E-state index is 0.0373. The number of sulfonamides is 1. The molecule has 8 nitrogen and oxygen atoms in total. The zero-order valence-corrected chi connectivity index (χ0v) is 12.4. The first-order valence-electron chi connectivity index (χ1n) is 6.58. The number of carbonyl (C=O) groups is 2. The van der Waals surface area contributed by atoms with Crippen molar-refractivity contribution >= 4 is 21.8 Å². The van der Waals surface area contributed by atoms with Gasteiger partial charge in [-0.2, -0.15) is 0 Å². The van der Waals surface area contributed by atoms with Crippen molar-refractivity contribution in [1.29, 1.82) is 0 Å². The van der Waals surface area contributed by atoms with E-state index in [4.69, 9.17) is 11.5 Å². The minimum Gasteiger partial charge on any atom is -0.370 e. The Morgan fingerprint density at radius 2 is 1.90 bits per heavy atom. The third-order valence-electron chi connectivity index (χ3n) is 3.27. The molecule has 0 radical (unpaired) electrons. The summed E-state index contributed by atoms with van der Waals surface area (Å²) in [5.41, 5.74) is 10.6. The number of primary amides is 1. The molecule has 0 spiro atoms. The zero-order chi connectivity index (χ0) is 15.3. The molecular weight excluding hydrogens is 284 g/mol. The number of carbonyl (C=O) groups excluding carboxylic acids is 2. The van der Waals surface area contributed by atoms with E-state index < -0.39 is 22.0 Å². The molecular formula is C11H22N4O4S. The lowest BCUT2D eigenvalue weighted by Gasteiger charge is -2.33. The van der Waals surface area contributed by atoms with Gasteiger partial charge in [-0.3, -0.25) is 9.59 Å². The van der Waals surface area contributed by atoms with Crippen LogP contribution in [0.4, 0.5) is 0 Å². The molecule has 5 N–H and O–H groups in total. The molecule has 0 aromatic carbocycles. The van der Waals surface area contributed by atoms with Crippen molar-refractivity contribution in [1.82, 2.24) is 9.62 Å². The van der Waals surface area contributed by atoms with Gasteiger partial charge in [-0.1, -0.05) is 0 Å². The Kier molecular flexibility index (Phi) is 5.90. The van der Waals surface area contributed by atoms with Crippen molar-refractivity contribution in [3.05, 3.63) is 0 Å². The highest BCUT2D eigenvalue weighted by Gasteiger charge is 2.28. The molecule has 0 aromatic rings. The summed E-state index contributed by atoms with van der Waals surface area (Å²) in [6.07, 6.45) is 0.893. The molecule has 116 valence electrons. The van der Waals surface area contributed by atoms with Gasteiger partial charge in [0, 0.05) is 19.1 Å². The molecule has 0 saturated carbocycles. The lowest BCUT2D eigenvalue weighted by Crippen LogP contribution is -2.51. The van der Waals surface area contributed by atoms with E-state index in [0.717, 1.165) is 0 Å². The van der Waals surface area contributed by atoms with Crippen molar-refractivity contribution in [3.8, 4) is 0 Å². The summed E-state index contributed by atoms with van der Waals surface area (Å²) in [7, 11) is -3.23. The van der Waals surface area contributed by atoms with Gasteiger partial charge in [0.15, 0.2) is 0 Å². The van der Waals surface area contributed by atoms with Crippen LogP contribution in [0.5, 0.6) is 0 Å². The van der Waals surface area contributed by atoms with Crippen LogP contribution < -0.4 is 16.2 Å². The maximum absolute atomic E-state index is 11.9. The van der Waals surface area contributed by atoms with Gasteiger partial charge in [0.25, 0.3) is 0 Å². The van der Waals surface area contributed by atoms with Gasteiger partial charge in [0.2, 0.25) is 21.8 Å². The van der Waals surface area contributed by atoms with E-state index in [0.29, 0.717) is 25.9 Å². The van der Waals surface area contributed by atoms with Crippen molar-refractivity contribution < 1.29 is 18.0 Å². The highest BCUT2D eigenvalue weighted by atomic mass is 32.2. The second kappa shape index (κ2) is 7.00. The molecule has 1 rings (SSSR count). The van der Waals surface area contributed by atoms with Crippen LogP contribution in [0.15, 0.2) is 0 Å². The maximum atomic E-state index is 11.9. The second-order valence-electron chi connectivity index (χ2n) is 4.90. The Hall–Kier alpha value is -1.19. The van der Waals surface area contributed by atoms with Crippen LogP contribution in [0.1, 0.15) is 26.2 Å². The summed E-state index contributed by atoms with van der Waals surface area (Å²) in [4.78, 5) is 24.2. The van der Waals surface area contributed by atoms with E-state index in [1.807, 2.05) is 0 Å². The van der Waals surface area contributed by atoms with Gasteiger partial charge < -0.3 is 16.4 Å². The Morgan fingerprint density at radius 3 is 2.35 bits per heavy atom. The molecule has 20 heavy (non-hydrogen) atoms. The predicted molar refractivity (Wildman–Crippen MR) is 74.0 cm³/mol. The highest BCUT2D eigenvalue weighted by molar-refractivity contribution is 7.89. The molecule has 0 aromatic heterocycles. The number of likely N-dealkylation sites (tertiary alicyclic amines) is 1. The van der Waals surface area contributed by atoms with Gasteiger partial charge in [-0.25, -0.2) is 13.1 Å². The largest absolute Gasteiger partial charge is 0.370 e. The summed E-state index contributed by atoms with van der Waals surface area (Å²) in [5.74, 6) is -0.896. The van der Waals surface area contributed by atoms with Crippen molar-refractivity contribution in [2.24, 2.45) is 11.5 Å². The first-order chi connectivity index (χ1) is 9.25. The number of nitrogens with two attached hydrogens (primary N) is 2. The number of hydrogen-bond acceptors (Lipinski definition) is 5. The fraction of sp³-hybridized carbons (Fsp3) is 0.818. The number of rotatable bonds is 6.